The third-order valence-electron chi connectivity index (χ3n) is 2.74. The molecule has 0 aromatic rings. The summed E-state index contributed by atoms with van der Waals surface area (Å²) in [4.78, 5) is 0. The number of halogens is 4. The fourth-order valence-electron chi connectivity index (χ4n) is 1.62. The van der Waals surface area contributed by atoms with E-state index in [-0.39, 0.29) is 24.8 Å². The highest BCUT2D eigenvalue weighted by atomic mass is 35.5. The Morgan fingerprint density at radius 3 is 1.28 bits per heavy atom. The molecule has 4 N–H and O–H groups in total. The SMILES string of the molecule is Cl.Cl.O[C@@H]1CNCC[C@@H]1F.O[C@H]1CNCC[C@H]1F. The van der Waals surface area contributed by atoms with Crippen molar-refractivity contribution in [2.75, 3.05) is 26.2 Å². The van der Waals surface area contributed by atoms with Crippen LogP contribution in [0, 0.1) is 0 Å². The van der Waals surface area contributed by atoms with Crippen LogP contribution in [0.25, 0.3) is 0 Å². The van der Waals surface area contributed by atoms with Gasteiger partial charge in [-0.3, -0.25) is 0 Å². The maximum absolute atomic E-state index is 12.3. The topological polar surface area (TPSA) is 64.5 Å². The Hall–Kier alpha value is 0.280. The van der Waals surface area contributed by atoms with E-state index >= 15 is 0 Å². The van der Waals surface area contributed by atoms with Crippen molar-refractivity contribution < 1.29 is 19.0 Å². The normalized spacial score (nSPS) is 35.3. The molecule has 0 radical (unpaired) electrons. The molecule has 2 heterocycles. The number of piperidine rings is 2. The number of aliphatic hydroxyl groups excluding tert-OH is 2. The molecule has 0 aromatic heterocycles. The van der Waals surface area contributed by atoms with Crippen LogP contribution in [0.5, 0.6) is 0 Å². The first-order chi connectivity index (χ1) is 7.61. The molecule has 0 unspecified atom stereocenters. The van der Waals surface area contributed by atoms with Crippen LogP contribution in [0.15, 0.2) is 0 Å². The number of hydrogen-bond donors (Lipinski definition) is 4. The molecule has 2 aliphatic heterocycles. The molecule has 18 heavy (non-hydrogen) atoms. The van der Waals surface area contributed by atoms with E-state index in [4.69, 9.17) is 10.2 Å². The van der Waals surface area contributed by atoms with Crippen LogP contribution < -0.4 is 10.6 Å². The van der Waals surface area contributed by atoms with E-state index in [0.29, 0.717) is 39.0 Å². The molecule has 4 nitrogen and oxygen atoms in total. The van der Waals surface area contributed by atoms with Crippen molar-refractivity contribution in [1.82, 2.24) is 10.6 Å². The smallest absolute Gasteiger partial charge is 0.128 e. The molecular formula is C10H22Cl2F2N2O2. The fourth-order valence-corrected chi connectivity index (χ4v) is 1.62. The highest BCUT2D eigenvalue weighted by molar-refractivity contribution is 5.85. The van der Waals surface area contributed by atoms with Crippen LogP contribution in [0.2, 0.25) is 0 Å². The van der Waals surface area contributed by atoms with E-state index in [1.165, 1.54) is 0 Å². The van der Waals surface area contributed by atoms with Crippen LogP contribution in [-0.4, -0.2) is 60.9 Å². The van der Waals surface area contributed by atoms with Gasteiger partial charge in [-0.15, -0.1) is 24.8 Å². The number of nitrogens with one attached hydrogen (secondary N) is 2. The highest BCUT2D eigenvalue weighted by Crippen LogP contribution is 2.06. The molecule has 2 rings (SSSR count). The zero-order valence-electron chi connectivity index (χ0n) is 10.0. The average Bonchev–Trinajstić information content (AvgIpc) is 2.28. The molecule has 112 valence electrons. The van der Waals surface area contributed by atoms with Crippen molar-refractivity contribution in [2.24, 2.45) is 0 Å². The van der Waals surface area contributed by atoms with Crippen LogP contribution in [0.3, 0.4) is 0 Å². The largest absolute Gasteiger partial charge is 0.389 e. The van der Waals surface area contributed by atoms with Crippen molar-refractivity contribution in [3.8, 4) is 0 Å². The van der Waals surface area contributed by atoms with E-state index < -0.39 is 24.6 Å². The summed E-state index contributed by atoms with van der Waals surface area (Å²) >= 11 is 0. The molecule has 0 saturated carbocycles. The minimum absolute atomic E-state index is 0. The minimum atomic E-state index is -1.00. The van der Waals surface area contributed by atoms with E-state index in [1.54, 1.807) is 0 Å². The van der Waals surface area contributed by atoms with Gasteiger partial charge in [0.2, 0.25) is 0 Å². The van der Waals surface area contributed by atoms with Gasteiger partial charge in [-0.1, -0.05) is 0 Å². The first-order valence-electron chi connectivity index (χ1n) is 5.67. The standard InChI is InChI=1S/2C5H10FNO.2ClH/c2*6-4-1-2-7-3-5(4)8;;/h2*4-5,7-8H,1-3H2;2*1H/t2*4-,5+;;/m10../s1. The number of hydrogen-bond acceptors (Lipinski definition) is 4. The summed E-state index contributed by atoms with van der Waals surface area (Å²) in [5.74, 6) is 0. The van der Waals surface area contributed by atoms with E-state index in [1.807, 2.05) is 0 Å². The molecule has 2 fully saturated rings. The highest BCUT2D eigenvalue weighted by Gasteiger charge is 2.21. The molecule has 0 aromatic carbocycles. The van der Waals surface area contributed by atoms with E-state index in [9.17, 15) is 8.78 Å². The minimum Gasteiger partial charge on any atom is -0.389 e. The second-order valence-corrected chi connectivity index (χ2v) is 4.15. The quantitative estimate of drug-likeness (QED) is 0.516. The predicted octanol–water partition coefficient (Wildman–Crippen LogP) is 0.201. The summed E-state index contributed by atoms with van der Waals surface area (Å²) < 4.78 is 24.6. The Kier molecular flexibility index (Phi) is 12.7. The summed E-state index contributed by atoms with van der Waals surface area (Å²) in [5.41, 5.74) is 0. The lowest BCUT2D eigenvalue weighted by atomic mass is 10.1. The lowest BCUT2D eigenvalue weighted by Crippen LogP contribution is -2.41. The Morgan fingerprint density at radius 1 is 0.778 bits per heavy atom. The van der Waals surface area contributed by atoms with Crippen LogP contribution >= 0.6 is 24.8 Å². The molecule has 0 spiro atoms. The molecule has 4 atom stereocenters. The third kappa shape index (κ3) is 7.66. The molecule has 0 aliphatic carbocycles. The van der Waals surface area contributed by atoms with Crippen molar-refractivity contribution in [1.29, 1.82) is 0 Å². The molecule has 2 aliphatic rings. The lowest BCUT2D eigenvalue weighted by Gasteiger charge is -2.21. The van der Waals surface area contributed by atoms with Gasteiger partial charge in [0.1, 0.15) is 12.3 Å². The number of aliphatic hydroxyl groups is 2. The Bertz CT molecular complexity index is 167. The van der Waals surface area contributed by atoms with E-state index in [2.05, 4.69) is 10.6 Å². The van der Waals surface area contributed by atoms with Gasteiger partial charge in [-0.25, -0.2) is 8.78 Å². The van der Waals surface area contributed by atoms with Gasteiger partial charge in [0.05, 0.1) is 12.2 Å². The summed E-state index contributed by atoms with van der Waals surface area (Å²) in [5, 5.41) is 23.2. The molecule has 0 bridgehead atoms. The van der Waals surface area contributed by atoms with E-state index in [0.717, 1.165) is 0 Å². The molecule has 2 saturated heterocycles. The van der Waals surface area contributed by atoms with Crippen molar-refractivity contribution in [3.63, 3.8) is 0 Å². The van der Waals surface area contributed by atoms with Crippen LogP contribution in [0.1, 0.15) is 12.8 Å². The molecule has 0 amide bonds. The van der Waals surface area contributed by atoms with Gasteiger partial charge in [-0.05, 0) is 25.9 Å². The maximum Gasteiger partial charge on any atom is 0.128 e. The van der Waals surface area contributed by atoms with Crippen LogP contribution in [0.4, 0.5) is 8.78 Å². The number of rotatable bonds is 0. The Balaban J connectivity index is 0. The third-order valence-corrected chi connectivity index (χ3v) is 2.74. The zero-order valence-corrected chi connectivity index (χ0v) is 11.7. The number of β-amino-alcohol motifs (C(OH)–C–C–N with tert-alkyl or cyclic N) is 2. The van der Waals surface area contributed by atoms with Crippen molar-refractivity contribution in [2.45, 2.75) is 37.4 Å². The van der Waals surface area contributed by atoms with Gasteiger partial charge in [0, 0.05) is 13.1 Å². The van der Waals surface area contributed by atoms with Gasteiger partial charge in [0.15, 0.2) is 0 Å². The van der Waals surface area contributed by atoms with Crippen molar-refractivity contribution >= 4 is 24.8 Å². The average molecular weight is 311 g/mol. The lowest BCUT2D eigenvalue weighted by molar-refractivity contribution is 0.0549. The monoisotopic (exact) mass is 310 g/mol. The Morgan fingerprint density at radius 2 is 1.11 bits per heavy atom. The van der Waals surface area contributed by atoms with Crippen LogP contribution in [-0.2, 0) is 0 Å². The first kappa shape index (κ1) is 20.6. The second kappa shape index (κ2) is 11.1. The summed E-state index contributed by atoms with van der Waals surface area (Å²) in [6.07, 6.45) is -2.66. The fraction of sp³-hybridized carbons (Fsp3) is 1.00. The van der Waals surface area contributed by atoms with Gasteiger partial charge < -0.3 is 20.8 Å². The summed E-state index contributed by atoms with van der Waals surface area (Å²) in [6.45, 7) is 2.19. The van der Waals surface area contributed by atoms with Crippen molar-refractivity contribution in [3.05, 3.63) is 0 Å². The second-order valence-electron chi connectivity index (χ2n) is 4.15. The zero-order chi connectivity index (χ0) is 12.0. The van der Waals surface area contributed by atoms with Gasteiger partial charge in [0.25, 0.3) is 0 Å². The summed E-state index contributed by atoms with van der Waals surface area (Å²) in [6, 6.07) is 0. The first-order valence-corrected chi connectivity index (χ1v) is 5.67. The van der Waals surface area contributed by atoms with Gasteiger partial charge >= 0.3 is 0 Å². The maximum atomic E-state index is 12.3. The van der Waals surface area contributed by atoms with Gasteiger partial charge in [-0.2, -0.15) is 0 Å². The summed E-state index contributed by atoms with van der Waals surface area (Å²) in [7, 11) is 0. The predicted molar refractivity (Wildman–Crippen MR) is 71.3 cm³/mol. The molecule has 8 heteroatoms. The number of alkyl halides is 2. The molecular weight excluding hydrogens is 289 g/mol. The Labute approximate surface area is 118 Å².